The summed E-state index contributed by atoms with van der Waals surface area (Å²) in [5, 5.41) is 12.3. The number of nitrogens with zero attached hydrogens (tertiary/aromatic N) is 1. The van der Waals surface area contributed by atoms with E-state index in [1.54, 1.807) is 6.92 Å². The number of carboxylic acids is 1. The molecule has 0 spiro atoms. The molecule has 1 fully saturated rings. The van der Waals surface area contributed by atoms with Crippen LogP contribution in [0.3, 0.4) is 0 Å². The molecule has 1 aromatic carbocycles. The lowest BCUT2D eigenvalue weighted by Crippen LogP contribution is -2.22. The second-order valence-corrected chi connectivity index (χ2v) is 6.68. The van der Waals surface area contributed by atoms with E-state index < -0.39 is 5.97 Å². The number of carbonyl (C=O) groups is 2. The van der Waals surface area contributed by atoms with E-state index in [-0.39, 0.29) is 18.1 Å². The van der Waals surface area contributed by atoms with Crippen LogP contribution in [0.1, 0.15) is 55.1 Å². The molecule has 6 heteroatoms. The van der Waals surface area contributed by atoms with Crippen molar-refractivity contribution in [1.29, 1.82) is 0 Å². The third-order valence-corrected chi connectivity index (χ3v) is 4.64. The maximum atomic E-state index is 12.1. The fourth-order valence-corrected chi connectivity index (χ4v) is 3.17. The Morgan fingerprint density at radius 2 is 2.00 bits per heavy atom. The lowest BCUT2D eigenvalue weighted by molar-refractivity contribution is 0.0690. The number of thiazole rings is 1. The monoisotopic (exact) mass is 316 g/mol. The van der Waals surface area contributed by atoms with E-state index in [4.69, 9.17) is 5.11 Å². The minimum atomic E-state index is -1.04. The molecule has 22 heavy (non-hydrogen) atoms. The highest BCUT2D eigenvalue weighted by atomic mass is 32.1. The van der Waals surface area contributed by atoms with Crippen LogP contribution in [0.15, 0.2) is 24.3 Å². The quantitative estimate of drug-likeness (QED) is 0.889. The van der Waals surface area contributed by atoms with Crippen molar-refractivity contribution in [3.63, 3.8) is 0 Å². The van der Waals surface area contributed by atoms with Crippen molar-refractivity contribution in [2.24, 2.45) is 0 Å². The largest absolute Gasteiger partial charge is 0.476 e. The van der Waals surface area contributed by atoms with Gasteiger partial charge in [0.2, 0.25) is 0 Å². The maximum absolute atomic E-state index is 12.1. The average Bonchev–Trinajstić information content (AvgIpc) is 3.28. The number of hydrogen-bond donors (Lipinski definition) is 2. The number of carbonyl (C=O) groups excluding carboxylic acids is 1. The van der Waals surface area contributed by atoms with Gasteiger partial charge in [-0.1, -0.05) is 12.1 Å². The molecule has 1 aliphatic rings. The van der Waals surface area contributed by atoms with Crippen LogP contribution in [-0.2, 0) is 6.54 Å². The molecule has 0 unspecified atom stereocenters. The van der Waals surface area contributed by atoms with E-state index in [0.29, 0.717) is 21.4 Å². The molecule has 3 rings (SSSR count). The van der Waals surface area contributed by atoms with E-state index in [1.807, 2.05) is 24.3 Å². The van der Waals surface area contributed by atoms with Gasteiger partial charge >= 0.3 is 5.97 Å². The first-order valence-electron chi connectivity index (χ1n) is 7.12. The predicted octanol–water partition coefficient (Wildman–Crippen LogP) is 2.96. The van der Waals surface area contributed by atoms with E-state index in [0.717, 1.165) is 0 Å². The molecule has 1 aliphatic carbocycles. The number of rotatable bonds is 5. The second-order valence-electron chi connectivity index (χ2n) is 5.40. The van der Waals surface area contributed by atoms with Crippen LogP contribution in [0.5, 0.6) is 0 Å². The van der Waals surface area contributed by atoms with Gasteiger partial charge in [-0.05, 0) is 43.4 Å². The number of aromatic carboxylic acids is 1. The zero-order chi connectivity index (χ0) is 15.7. The molecule has 1 amide bonds. The fourth-order valence-electron chi connectivity index (χ4n) is 2.31. The molecule has 114 valence electrons. The highest BCUT2D eigenvalue weighted by Gasteiger charge is 2.23. The first-order valence-corrected chi connectivity index (χ1v) is 7.94. The van der Waals surface area contributed by atoms with Gasteiger partial charge in [-0.15, -0.1) is 11.3 Å². The number of aromatic nitrogens is 1. The summed E-state index contributed by atoms with van der Waals surface area (Å²) >= 11 is 1.29. The van der Waals surface area contributed by atoms with E-state index in [9.17, 15) is 9.59 Å². The smallest absolute Gasteiger partial charge is 0.355 e. The number of hydrogen-bond acceptors (Lipinski definition) is 4. The molecule has 1 saturated carbocycles. The van der Waals surface area contributed by atoms with Gasteiger partial charge in [-0.2, -0.15) is 0 Å². The SMILES string of the molecule is Cc1sc(CNC(=O)c2ccc(C3CC3)cc2)nc1C(=O)O. The molecule has 2 aromatic rings. The van der Waals surface area contributed by atoms with Crippen molar-refractivity contribution in [1.82, 2.24) is 10.3 Å². The lowest BCUT2D eigenvalue weighted by Gasteiger charge is -2.04. The van der Waals surface area contributed by atoms with Crippen molar-refractivity contribution in [3.05, 3.63) is 51.0 Å². The topological polar surface area (TPSA) is 79.3 Å². The number of aryl methyl sites for hydroxylation is 1. The Kier molecular flexibility index (Phi) is 3.94. The predicted molar refractivity (Wildman–Crippen MR) is 83.4 cm³/mol. The van der Waals surface area contributed by atoms with Gasteiger partial charge in [0.15, 0.2) is 5.69 Å². The molecule has 0 aliphatic heterocycles. The third kappa shape index (κ3) is 3.17. The van der Waals surface area contributed by atoms with Gasteiger partial charge < -0.3 is 10.4 Å². The van der Waals surface area contributed by atoms with Gasteiger partial charge in [-0.3, -0.25) is 4.79 Å². The molecular weight excluding hydrogens is 300 g/mol. The normalized spacial score (nSPS) is 13.9. The van der Waals surface area contributed by atoms with Crippen molar-refractivity contribution in [2.75, 3.05) is 0 Å². The Hall–Kier alpha value is -2.21. The van der Waals surface area contributed by atoms with Gasteiger partial charge in [0.1, 0.15) is 5.01 Å². The average molecular weight is 316 g/mol. The first-order chi connectivity index (χ1) is 10.5. The van der Waals surface area contributed by atoms with E-state index >= 15 is 0 Å². The molecule has 0 saturated heterocycles. The Balaban J connectivity index is 1.61. The number of amides is 1. The summed E-state index contributed by atoms with van der Waals surface area (Å²) in [4.78, 5) is 27.7. The van der Waals surface area contributed by atoms with Crippen LogP contribution >= 0.6 is 11.3 Å². The summed E-state index contributed by atoms with van der Waals surface area (Å²) < 4.78 is 0. The molecule has 2 N–H and O–H groups in total. The summed E-state index contributed by atoms with van der Waals surface area (Å²) in [6, 6.07) is 7.67. The van der Waals surface area contributed by atoms with Crippen LogP contribution in [0, 0.1) is 6.92 Å². The summed E-state index contributed by atoms with van der Waals surface area (Å²) in [6.45, 7) is 1.95. The minimum absolute atomic E-state index is 0.0584. The number of carboxylic acid groups (broad SMARTS) is 1. The molecule has 0 radical (unpaired) electrons. The standard InChI is InChI=1S/C16H16N2O3S/c1-9-14(16(20)21)18-13(22-9)8-17-15(19)12-6-4-11(5-7-12)10-2-3-10/h4-7,10H,2-3,8H2,1H3,(H,17,19)(H,20,21). The zero-order valence-electron chi connectivity index (χ0n) is 12.1. The molecule has 0 bridgehead atoms. The van der Waals surface area contributed by atoms with Gasteiger partial charge in [0, 0.05) is 10.4 Å². The van der Waals surface area contributed by atoms with Crippen molar-refractivity contribution >= 4 is 23.2 Å². The van der Waals surface area contributed by atoms with Gasteiger partial charge in [0.05, 0.1) is 6.54 Å². The van der Waals surface area contributed by atoms with Crippen LogP contribution in [0.4, 0.5) is 0 Å². The lowest BCUT2D eigenvalue weighted by atomic mass is 10.1. The Morgan fingerprint density at radius 3 is 2.55 bits per heavy atom. The summed E-state index contributed by atoms with van der Waals surface area (Å²) in [5.74, 6) is -0.543. The second kappa shape index (κ2) is 5.88. The zero-order valence-corrected chi connectivity index (χ0v) is 12.9. The first kappa shape index (κ1) is 14.7. The molecular formula is C16H16N2O3S. The van der Waals surface area contributed by atoms with Crippen LogP contribution in [0.25, 0.3) is 0 Å². The fraction of sp³-hybridized carbons (Fsp3) is 0.312. The third-order valence-electron chi connectivity index (χ3n) is 3.67. The van der Waals surface area contributed by atoms with Crippen LogP contribution in [-0.4, -0.2) is 22.0 Å². The van der Waals surface area contributed by atoms with E-state index in [1.165, 1.54) is 29.7 Å². The van der Waals surface area contributed by atoms with Crippen molar-refractivity contribution in [3.8, 4) is 0 Å². The van der Waals surface area contributed by atoms with Crippen LogP contribution < -0.4 is 5.32 Å². The summed E-state index contributed by atoms with van der Waals surface area (Å²) in [6.07, 6.45) is 2.47. The molecule has 5 nitrogen and oxygen atoms in total. The van der Waals surface area contributed by atoms with Gasteiger partial charge in [-0.25, -0.2) is 9.78 Å². The number of benzene rings is 1. The number of nitrogens with one attached hydrogen (secondary N) is 1. The molecule has 0 atom stereocenters. The van der Waals surface area contributed by atoms with E-state index in [2.05, 4.69) is 10.3 Å². The molecule has 1 aromatic heterocycles. The highest BCUT2D eigenvalue weighted by Crippen LogP contribution is 2.39. The van der Waals surface area contributed by atoms with Gasteiger partial charge in [0.25, 0.3) is 5.91 Å². The Morgan fingerprint density at radius 1 is 1.32 bits per heavy atom. The van der Waals surface area contributed by atoms with Crippen molar-refractivity contribution in [2.45, 2.75) is 32.2 Å². The highest BCUT2D eigenvalue weighted by molar-refractivity contribution is 7.11. The van der Waals surface area contributed by atoms with Crippen molar-refractivity contribution < 1.29 is 14.7 Å². The van der Waals surface area contributed by atoms with Crippen LogP contribution in [0.2, 0.25) is 0 Å². The Bertz CT molecular complexity index is 717. The minimum Gasteiger partial charge on any atom is -0.476 e. The summed E-state index contributed by atoms with van der Waals surface area (Å²) in [5.41, 5.74) is 1.96. The summed E-state index contributed by atoms with van der Waals surface area (Å²) in [7, 11) is 0. The molecule has 1 heterocycles. The maximum Gasteiger partial charge on any atom is 0.355 e. The Labute approximate surface area is 132 Å².